The van der Waals surface area contributed by atoms with Gasteiger partial charge in [0.15, 0.2) is 5.75 Å². The number of carboxylic acid groups (broad SMARTS) is 1. The largest absolute Gasteiger partial charge is 0.487 e. The normalized spacial score (nSPS) is 15.7. The Hall–Kier alpha value is -1.82. The summed E-state index contributed by atoms with van der Waals surface area (Å²) < 4.78 is 6.94. The van der Waals surface area contributed by atoms with Crippen molar-refractivity contribution in [3.63, 3.8) is 0 Å². The van der Waals surface area contributed by atoms with Gasteiger partial charge in [-0.15, -0.1) is 0 Å². The Kier molecular flexibility index (Phi) is 5.82. The van der Waals surface area contributed by atoms with Crippen LogP contribution >= 0.6 is 0 Å². The van der Waals surface area contributed by atoms with Gasteiger partial charge in [0.1, 0.15) is 12.1 Å². The standard InChI is InChI=1S/C17H26N2O4/c1-3-17(4-2,16(21)22)19-11-7-8-14(15(19)20)23-13-12-18-9-5-6-10-18/h7-8,11H,3-6,9-10,12-13H2,1-2H3,(H,21,22). The van der Waals surface area contributed by atoms with Crippen molar-refractivity contribution in [2.75, 3.05) is 26.2 Å². The highest BCUT2D eigenvalue weighted by Crippen LogP contribution is 2.24. The molecule has 0 saturated carbocycles. The molecule has 6 nitrogen and oxygen atoms in total. The molecule has 1 aliphatic heterocycles. The predicted octanol–water partition coefficient (Wildman–Crippen LogP) is 1.92. The van der Waals surface area contributed by atoms with Gasteiger partial charge < -0.3 is 9.84 Å². The number of ether oxygens (including phenoxy) is 1. The number of carboxylic acids is 1. The second-order valence-corrected chi connectivity index (χ2v) is 5.99. The Morgan fingerprint density at radius 1 is 1.30 bits per heavy atom. The summed E-state index contributed by atoms with van der Waals surface area (Å²) in [6.07, 6.45) is 4.65. The lowest BCUT2D eigenvalue weighted by molar-refractivity contribution is -0.148. The molecule has 2 heterocycles. The number of pyridine rings is 1. The topological polar surface area (TPSA) is 71.8 Å². The molecule has 0 bridgehead atoms. The molecule has 1 aromatic heterocycles. The van der Waals surface area contributed by atoms with Crippen LogP contribution in [0.3, 0.4) is 0 Å². The van der Waals surface area contributed by atoms with E-state index in [1.165, 1.54) is 23.6 Å². The zero-order chi connectivity index (χ0) is 16.9. The van der Waals surface area contributed by atoms with Crippen LogP contribution in [-0.2, 0) is 10.3 Å². The first-order valence-electron chi connectivity index (χ1n) is 8.36. The minimum Gasteiger partial charge on any atom is -0.487 e. The zero-order valence-corrected chi connectivity index (χ0v) is 14.0. The van der Waals surface area contributed by atoms with Crippen LogP contribution in [0.4, 0.5) is 0 Å². The third kappa shape index (κ3) is 3.58. The maximum atomic E-state index is 12.6. The first-order valence-corrected chi connectivity index (χ1v) is 8.36. The molecular formula is C17H26N2O4. The molecule has 6 heteroatoms. The number of rotatable bonds is 8. The van der Waals surface area contributed by atoms with Crippen molar-refractivity contribution < 1.29 is 14.6 Å². The van der Waals surface area contributed by atoms with E-state index in [2.05, 4.69) is 4.90 Å². The van der Waals surface area contributed by atoms with Gasteiger partial charge in [-0.2, -0.15) is 0 Å². The Morgan fingerprint density at radius 2 is 1.96 bits per heavy atom. The number of aliphatic carboxylic acids is 1. The van der Waals surface area contributed by atoms with E-state index in [-0.39, 0.29) is 11.3 Å². The minimum absolute atomic E-state index is 0.222. The van der Waals surface area contributed by atoms with Crippen LogP contribution in [0.2, 0.25) is 0 Å². The van der Waals surface area contributed by atoms with Gasteiger partial charge in [-0.25, -0.2) is 4.79 Å². The summed E-state index contributed by atoms with van der Waals surface area (Å²) in [5.41, 5.74) is -1.59. The molecule has 0 atom stereocenters. The van der Waals surface area contributed by atoms with Gasteiger partial charge in [-0.3, -0.25) is 14.3 Å². The van der Waals surface area contributed by atoms with Gasteiger partial charge in [-0.05, 0) is 50.9 Å². The number of likely N-dealkylation sites (tertiary alicyclic amines) is 1. The molecule has 1 aromatic rings. The maximum absolute atomic E-state index is 12.6. The Bertz CT molecular complexity index is 587. The quantitative estimate of drug-likeness (QED) is 0.792. The van der Waals surface area contributed by atoms with Gasteiger partial charge in [0.2, 0.25) is 0 Å². The summed E-state index contributed by atoms with van der Waals surface area (Å²) in [6.45, 7) is 6.96. The third-order valence-electron chi connectivity index (χ3n) is 4.81. The predicted molar refractivity (Wildman–Crippen MR) is 88.1 cm³/mol. The fourth-order valence-electron chi connectivity index (χ4n) is 3.21. The van der Waals surface area contributed by atoms with Crippen LogP contribution in [-0.4, -0.2) is 46.8 Å². The van der Waals surface area contributed by atoms with E-state index in [9.17, 15) is 14.7 Å². The van der Waals surface area contributed by atoms with Gasteiger partial charge >= 0.3 is 5.97 Å². The molecule has 23 heavy (non-hydrogen) atoms. The van der Waals surface area contributed by atoms with Crippen molar-refractivity contribution in [3.05, 3.63) is 28.7 Å². The molecule has 0 unspecified atom stereocenters. The highest BCUT2D eigenvalue weighted by Gasteiger charge is 2.38. The molecule has 1 N–H and O–H groups in total. The minimum atomic E-state index is -1.22. The van der Waals surface area contributed by atoms with Gasteiger partial charge in [-0.1, -0.05) is 13.8 Å². The number of nitrogens with zero attached hydrogens (tertiary/aromatic N) is 2. The van der Waals surface area contributed by atoms with E-state index < -0.39 is 11.5 Å². The molecule has 0 amide bonds. The van der Waals surface area contributed by atoms with E-state index in [1.807, 2.05) is 0 Å². The lowest BCUT2D eigenvalue weighted by atomic mass is 9.92. The fraction of sp³-hybridized carbons (Fsp3) is 0.647. The lowest BCUT2D eigenvalue weighted by Crippen LogP contribution is -2.46. The molecule has 1 fully saturated rings. The van der Waals surface area contributed by atoms with E-state index >= 15 is 0 Å². The van der Waals surface area contributed by atoms with Crippen molar-refractivity contribution in [1.82, 2.24) is 9.47 Å². The molecule has 0 spiro atoms. The van der Waals surface area contributed by atoms with E-state index in [4.69, 9.17) is 4.74 Å². The molecule has 1 saturated heterocycles. The number of hydrogen-bond donors (Lipinski definition) is 1. The molecule has 0 radical (unpaired) electrons. The first kappa shape index (κ1) is 17.5. The van der Waals surface area contributed by atoms with Gasteiger partial charge in [0.05, 0.1) is 0 Å². The smallest absolute Gasteiger partial charge is 0.329 e. The van der Waals surface area contributed by atoms with E-state index in [0.29, 0.717) is 19.4 Å². The van der Waals surface area contributed by atoms with Crippen molar-refractivity contribution in [3.8, 4) is 5.75 Å². The number of hydrogen-bond acceptors (Lipinski definition) is 4. The Morgan fingerprint density at radius 3 is 2.52 bits per heavy atom. The molecule has 0 aliphatic carbocycles. The maximum Gasteiger partial charge on any atom is 0.329 e. The second-order valence-electron chi connectivity index (χ2n) is 5.99. The molecule has 0 aromatic carbocycles. The molecule has 2 rings (SSSR count). The van der Waals surface area contributed by atoms with Crippen LogP contribution in [0.1, 0.15) is 39.5 Å². The van der Waals surface area contributed by atoms with Crippen molar-refractivity contribution in [2.24, 2.45) is 0 Å². The second kappa shape index (κ2) is 7.64. The van der Waals surface area contributed by atoms with Crippen LogP contribution in [0.5, 0.6) is 5.75 Å². The first-order chi connectivity index (χ1) is 11.0. The molecule has 1 aliphatic rings. The number of aromatic nitrogens is 1. The van der Waals surface area contributed by atoms with Crippen LogP contribution in [0.15, 0.2) is 23.1 Å². The van der Waals surface area contributed by atoms with E-state index in [0.717, 1.165) is 19.6 Å². The van der Waals surface area contributed by atoms with Crippen LogP contribution in [0, 0.1) is 0 Å². The fourth-order valence-corrected chi connectivity index (χ4v) is 3.21. The number of carbonyl (C=O) groups is 1. The summed E-state index contributed by atoms with van der Waals surface area (Å²) in [7, 11) is 0. The SMILES string of the molecule is CCC(CC)(C(=O)O)n1cccc(OCCN2CCCC2)c1=O. The Labute approximate surface area is 136 Å². The summed E-state index contributed by atoms with van der Waals surface area (Å²) >= 11 is 0. The van der Waals surface area contributed by atoms with Crippen molar-refractivity contribution in [1.29, 1.82) is 0 Å². The molecule has 128 valence electrons. The summed E-state index contributed by atoms with van der Waals surface area (Å²) in [5.74, 6) is -0.766. The Balaban J connectivity index is 2.16. The highest BCUT2D eigenvalue weighted by molar-refractivity contribution is 5.76. The third-order valence-corrected chi connectivity index (χ3v) is 4.81. The van der Waals surface area contributed by atoms with Crippen LogP contribution in [0.25, 0.3) is 0 Å². The average molecular weight is 322 g/mol. The van der Waals surface area contributed by atoms with Gasteiger partial charge in [0, 0.05) is 12.7 Å². The average Bonchev–Trinajstić information content (AvgIpc) is 3.05. The summed E-state index contributed by atoms with van der Waals surface area (Å²) in [5, 5.41) is 9.60. The van der Waals surface area contributed by atoms with Crippen LogP contribution < -0.4 is 10.3 Å². The summed E-state index contributed by atoms with van der Waals surface area (Å²) in [4.78, 5) is 26.7. The highest BCUT2D eigenvalue weighted by atomic mass is 16.5. The molecular weight excluding hydrogens is 296 g/mol. The van der Waals surface area contributed by atoms with Crippen molar-refractivity contribution >= 4 is 5.97 Å². The zero-order valence-electron chi connectivity index (χ0n) is 14.0. The van der Waals surface area contributed by atoms with Gasteiger partial charge in [0.25, 0.3) is 5.56 Å². The van der Waals surface area contributed by atoms with E-state index in [1.54, 1.807) is 26.0 Å². The summed E-state index contributed by atoms with van der Waals surface area (Å²) in [6, 6.07) is 3.29. The monoisotopic (exact) mass is 322 g/mol. The van der Waals surface area contributed by atoms with Crippen molar-refractivity contribution in [2.45, 2.75) is 45.1 Å². The lowest BCUT2D eigenvalue weighted by Gasteiger charge is -2.29.